The van der Waals surface area contributed by atoms with Crippen molar-refractivity contribution in [2.45, 2.75) is 36.8 Å². The molecule has 2 fully saturated rings. The summed E-state index contributed by atoms with van der Waals surface area (Å²) >= 11 is 0. The second-order valence-electron chi connectivity index (χ2n) is 6.85. The number of nitrogens with zero attached hydrogens (tertiary/aromatic N) is 1. The second kappa shape index (κ2) is 8.67. The number of rotatable bonds is 7. The summed E-state index contributed by atoms with van der Waals surface area (Å²) in [5, 5.41) is 3.23. The predicted octanol–water partition coefficient (Wildman–Crippen LogP) is 0.993. The lowest BCUT2D eigenvalue weighted by atomic mass is 10.1. The van der Waals surface area contributed by atoms with Gasteiger partial charge in [-0.3, -0.25) is 0 Å². The van der Waals surface area contributed by atoms with Crippen molar-refractivity contribution in [1.29, 1.82) is 0 Å². The van der Waals surface area contributed by atoms with Gasteiger partial charge in [-0.1, -0.05) is 12.1 Å². The third-order valence-corrected chi connectivity index (χ3v) is 6.96. The van der Waals surface area contributed by atoms with Crippen LogP contribution >= 0.6 is 0 Å². The lowest BCUT2D eigenvalue weighted by molar-refractivity contribution is 0.0346. The highest BCUT2D eigenvalue weighted by Crippen LogP contribution is 2.22. The van der Waals surface area contributed by atoms with E-state index in [4.69, 9.17) is 14.2 Å². The van der Waals surface area contributed by atoms with Gasteiger partial charge in [0.1, 0.15) is 18.0 Å². The zero-order chi connectivity index (χ0) is 18.6. The molecule has 0 spiro atoms. The highest BCUT2D eigenvalue weighted by Gasteiger charge is 2.30. The Morgan fingerprint density at radius 2 is 1.96 bits per heavy atom. The molecule has 2 aliphatic heterocycles. The molecule has 8 heteroatoms. The van der Waals surface area contributed by atoms with Crippen LogP contribution in [-0.4, -0.2) is 71.4 Å². The maximum atomic E-state index is 12.8. The van der Waals surface area contributed by atoms with Gasteiger partial charge < -0.3 is 19.5 Å². The van der Waals surface area contributed by atoms with E-state index in [2.05, 4.69) is 5.32 Å². The average molecular weight is 384 g/mol. The molecule has 2 unspecified atom stereocenters. The molecule has 1 aromatic rings. The summed E-state index contributed by atoms with van der Waals surface area (Å²) in [7, 11) is -0.0517. The van der Waals surface area contributed by atoms with Crippen LogP contribution in [0, 0.1) is 0 Å². The summed E-state index contributed by atoms with van der Waals surface area (Å²) in [6.07, 6.45) is 1.41. The van der Waals surface area contributed by atoms with Gasteiger partial charge in [0.2, 0.25) is 10.0 Å². The molecule has 0 amide bonds. The zero-order valence-electron chi connectivity index (χ0n) is 15.4. The minimum Gasteiger partial charge on any atom is -0.486 e. The van der Waals surface area contributed by atoms with Crippen molar-refractivity contribution in [3.8, 4) is 5.75 Å². The van der Waals surface area contributed by atoms with E-state index in [1.807, 2.05) is 18.2 Å². The van der Waals surface area contributed by atoms with Gasteiger partial charge in [-0.05, 0) is 30.5 Å². The summed E-state index contributed by atoms with van der Waals surface area (Å²) in [6.45, 7) is 2.70. The van der Waals surface area contributed by atoms with E-state index in [1.165, 1.54) is 4.31 Å². The fourth-order valence-electron chi connectivity index (χ4n) is 3.46. The Balaban J connectivity index is 1.65. The van der Waals surface area contributed by atoms with Crippen LogP contribution in [0.2, 0.25) is 0 Å². The first kappa shape index (κ1) is 19.6. The first-order chi connectivity index (χ1) is 12.5. The van der Waals surface area contributed by atoms with Gasteiger partial charge in [0, 0.05) is 46.5 Å². The minimum absolute atomic E-state index is 0.00189. The molecule has 0 aromatic heterocycles. The maximum Gasteiger partial charge on any atom is 0.218 e. The molecule has 2 saturated heterocycles. The average Bonchev–Trinajstić information content (AvgIpc) is 3.09. The lowest BCUT2D eigenvalue weighted by Gasteiger charge is -2.30. The Bertz CT molecular complexity index is 691. The third kappa shape index (κ3) is 4.75. The third-order valence-electron chi connectivity index (χ3n) is 5.09. The molecule has 2 atom stereocenters. The van der Waals surface area contributed by atoms with Crippen LogP contribution < -0.4 is 10.1 Å². The number of hydrogen-bond acceptors (Lipinski definition) is 6. The Labute approximate surface area is 155 Å². The van der Waals surface area contributed by atoms with Crippen LogP contribution in [0.1, 0.15) is 18.4 Å². The number of nitrogens with one attached hydrogen (secondary N) is 1. The summed E-state index contributed by atoms with van der Waals surface area (Å²) in [5.41, 5.74) is 0.723. The Morgan fingerprint density at radius 3 is 2.69 bits per heavy atom. The number of ether oxygens (including phenoxy) is 3. The molecule has 0 aliphatic carbocycles. The molecule has 2 aliphatic rings. The second-order valence-corrected chi connectivity index (χ2v) is 8.88. The molecule has 26 heavy (non-hydrogen) atoms. The van der Waals surface area contributed by atoms with E-state index in [1.54, 1.807) is 20.2 Å². The molecule has 0 radical (unpaired) electrons. The van der Waals surface area contributed by atoms with Crippen LogP contribution in [0.25, 0.3) is 0 Å². The van der Waals surface area contributed by atoms with Crippen molar-refractivity contribution < 1.29 is 22.6 Å². The Kier molecular flexibility index (Phi) is 6.52. The SMILES string of the molecule is COC1CNCC1Oc1cccc(CS(=O)(=O)N(C)C2CCOCC2)c1. The van der Waals surface area contributed by atoms with Crippen LogP contribution in [-0.2, 0) is 25.2 Å². The van der Waals surface area contributed by atoms with Gasteiger partial charge in [0.15, 0.2) is 0 Å². The molecular formula is C18H28N2O5S. The van der Waals surface area contributed by atoms with Crippen molar-refractivity contribution in [3.63, 3.8) is 0 Å². The van der Waals surface area contributed by atoms with E-state index in [9.17, 15) is 8.42 Å². The maximum absolute atomic E-state index is 12.8. The summed E-state index contributed by atoms with van der Waals surface area (Å²) in [6, 6.07) is 7.33. The number of sulfonamides is 1. The van der Waals surface area contributed by atoms with Gasteiger partial charge in [-0.2, -0.15) is 0 Å². The highest BCUT2D eigenvalue weighted by atomic mass is 32.2. The highest BCUT2D eigenvalue weighted by molar-refractivity contribution is 7.88. The first-order valence-electron chi connectivity index (χ1n) is 9.02. The monoisotopic (exact) mass is 384 g/mol. The fourth-order valence-corrected chi connectivity index (χ4v) is 4.92. The lowest BCUT2D eigenvalue weighted by Crippen LogP contribution is -2.41. The predicted molar refractivity (Wildman–Crippen MR) is 98.8 cm³/mol. The fraction of sp³-hybridized carbons (Fsp3) is 0.667. The Morgan fingerprint density at radius 1 is 1.23 bits per heavy atom. The first-order valence-corrected chi connectivity index (χ1v) is 10.6. The van der Waals surface area contributed by atoms with Crippen LogP contribution in [0.15, 0.2) is 24.3 Å². The van der Waals surface area contributed by atoms with Gasteiger partial charge in [-0.25, -0.2) is 12.7 Å². The van der Waals surface area contributed by atoms with Crippen LogP contribution in [0.3, 0.4) is 0 Å². The van der Waals surface area contributed by atoms with E-state index in [0.717, 1.165) is 24.9 Å². The van der Waals surface area contributed by atoms with E-state index in [0.29, 0.717) is 25.5 Å². The smallest absolute Gasteiger partial charge is 0.218 e. The summed E-state index contributed by atoms with van der Waals surface area (Å²) in [4.78, 5) is 0. The van der Waals surface area contributed by atoms with Gasteiger partial charge in [-0.15, -0.1) is 0 Å². The van der Waals surface area contributed by atoms with E-state index in [-0.39, 0.29) is 24.0 Å². The number of hydrogen-bond donors (Lipinski definition) is 1. The molecule has 3 rings (SSSR count). The van der Waals surface area contributed by atoms with Crippen molar-refractivity contribution in [2.24, 2.45) is 0 Å². The normalized spacial score (nSPS) is 24.9. The topological polar surface area (TPSA) is 77.1 Å². The Hall–Kier alpha value is -1.19. The van der Waals surface area contributed by atoms with Crippen LogP contribution in [0.4, 0.5) is 0 Å². The minimum atomic E-state index is -3.39. The largest absolute Gasteiger partial charge is 0.486 e. The van der Waals surface area contributed by atoms with E-state index >= 15 is 0 Å². The number of benzene rings is 1. The standard InChI is InChI=1S/C18H28N2O5S/c1-20(15-6-8-24-9-7-15)26(21,22)13-14-4-3-5-16(10-14)25-18-12-19-11-17(18)23-2/h3-5,10,15,17-19H,6-9,11-13H2,1-2H3. The number of methoxy groups -OCH3 is 1. The molecule has 1 aromatic carbocycles. The molecule has 1 N–H and O–H groups in total. The zero-order valence-corrected chi connectivity index (χ0v) is 16.2. The van der Waals surface area contributed by atoms with Gasteiger partial charge in [0.05, 0.1) is 5.75 Å². The van der Waals surface area contributed by atoms with Crippen LogP contribution in [0.5, 0.6) is 5.75 Å². The molecule has 2 heterocycles. The van der Waals surface area contributed by atoms with Gasteiger partial charge in [0.25, 0.3) is 0 Å². The molecule has 0 bridgehead atoms. The van der Waals surface area contributed by atoms with E-state index < -0.39 is 10.0 Å². The molecule has 146 valence electrons. The van der Waals surface area contributed by atoms with Gasteiger partial charge >= 0.3 is 0 Å². The van der Waals surface area contributed by atoms with Crippen molar-refractivity contribution in [1.82, 2.24) is 9.62 Å². The quantitative estimate of drug-likeness (QED) is 0.756. The summed E-state index contributed by atoms with van der Waals surface area (Å²) in [5.74, 6) is 0.636. The summed E-state index contributed by atoms with van der Waals surface area (Å²) < 4.78 is 43.8. The molecule has 0 saturated carbocycles. The molecular weight excluding hydrogens is 356 g/mol. The van der Waals surface area contributed by atoms with Crippen molar-refractivity contribution in [3.05, 3.63) is 29.8 Å². The van der Waals surface area contributed by atoms with Crippen molar-refractivity contribution in [2.75, 3.05) is 40.5 Å². The van der Waals surface area contributed by atoms with Crippen molar-refractivity contribution >= 4 is 10.0 Å². The molecule has 7 nitrogen and oxygen atoms in total.